The first-order valence-electron chi connectivity index (χ1n) is 8.82. The molecule has 1 fully saturated rings. The van der Waals surface area contributed by atoms with Crippen molar-refractivity contribution in [3.05, 3.63) is 53.1 Å². The van der Waals surface area contributed by atoms with Crippen molar-refractivity contribution in [2.24, 2.45) is 5.92 Å². The van der Waals surface area contributed by atoms with Crippen molar-refractivity contribution in [1.29, 1.82) is 0 Å². The minimum Gasteiger partial charge on any atom is -0.454 e. The Balaban J connectivity index is 1.62. The third kappa shape index (κ3) is 3.88. The van der Waals surface area contributed by atoms with Crippen LogP contribution in [0.5, 0.6) is 11.5 Å². The minimum absolute atomic E-state index is 0.0404. The van der Waals surface area contributed by atoms with Crippen LogP contribution in [-0.2, 0) is 26.0 Å². The number of halogens is 1. The Morgan fingerprint density at radius 1 is 1.07 bits per heavy atom. The first-order valence-corrected chi connectivity index (χ1v) is 10.6. The molecule has 8 nitrogen and oxygen atoms in total. The molecule has 2 aliphatic heterocycles. The Labute approximate surface area is 172 Å². The van der Waals surface area contributed by atoms with Crippen molar-refractivity contribution >= 4 is 33.4 Å². The van der Waals surface area contributed by atoms with Gasteiger partial charge in [0.25, 0.3) is 10.0 Å². The fourth-order valence-electron chi connectivity index (χ4n) is 3.24. The van der Waals surface area contributed by atoms with Gasteiger partial charge in [-0.15, -0.1) is 0 Å². The quantitative estimate of drug-likeness (QED) is 0.780. The fourth-order valence-corrected chi connectivity index (χ4v) is 4.78. The van der Waals surface area contributed by atoms with Gasteiger partial charge in [-0.25, -0.2) is 12.7 Å². The van der Waals surface area contributed by atoms with Crippen molar-refractivity contribution in [2.75, 3.05) is 19.9 Å². The predicted molar refractivity (Wildman–Crippen MR) is 103 cm³/mol. The lowest BCUT2D eigenvalue weighted by atomic mass is 9.98. The van der Waals surface area contributed by atoms with E-state index in [0.29, 0.717) is 20.8 Å². The summed E-state index contributed by atoms with van der Waals surface area (Å²) in [6.45, 7) is -0.398. The van der Waals surface area contributed by atoms with Gasteiger partial charge in [-0.1, -0.05) is 17.7 Å². The maximum Gasteiger partial charge on any atom is 0.266 e. The lowest BCUT2D eigenvalue weighted by molar-refractivity contribution is -0.131. The summed E-state index contributed by atoms with van der Waals surface area (Å²) < 4.78 is 37.3. The number of benzene rings is 2. The smallest absolute Gasteiger partial charge is 0.266 e. The van der Waals surface area contributed by atoms with E-state index in [4.69, 9.17) is 21.1 Å². The normalized spacial score (nSPS) is 19.1. The molecule has 0 bridgehead atoms. The number of carbonyl (C=O) groups is 2. The third-order valence-corrected chi connectivity index (χ3v) is 6.76. The van der Waals surface area contributed by atoms with Crippen LogP contribution in [0.2, 0.25) is 5.02 Å². The highest BCUT2D eigenvalue weighted by Crippen LogP contribution is 2.33. The number of ether oxygens (including phenoxy) is 2. The molecule has 4 rings (SSSR count). The Morgan fingerprint density at radius 3 is 2.55 bits per heavy atom. The predicted octanol–water partition coefficient (Wildman–Crippen LogP) is 1.57. The van der Waals surface area contributed by atoms with Crippen LogP contribution in [0.25, 0.3) is 0 Å². The van der Waals surface area contributed by atoms with Crippen LogP contribution >= 0.6 is 11.6 Å². The monoisotopic (exact) mass is 436 g/mol. The maximum absolute atomic E-state index is 13.1. The second-order valence-corrected chi connectivity index (χ2v) is 9.00. The van der Waals surface area contributed by atoms with Gasteiger partial charge in [0, 0.05) is 11.6 Å². The van der Waals surface area contributed by atoms with Crippen LogP contribution in [0.4, 0.5) is 0 Å². The van der Waals surface area contributed by atoms with Gasteiger partial charge < -0.3 is 14.8 Å². The van der Waals surface area contributed by atoms with E-state index in [9.17, 15) is 18.0 Å². The number of hydrogen-bond acceptors (Lipinski definition) is 6. The van der Waals surface area contributed by atoms with Crippen LogP contribution < -0.4 is 14.8 Å². The number of sulfonamides is 1. The molecule has 1 unspecified atom stereocenters. The van der Waals surface area contributed by atoms with E-state index in [-0.39, 0.29) is 24.7 Å². The molecular formula is C19H17ClN2O6S. The van der Waals surface area contributed by atoms with Gasteiger partial charge in [0.2, 0.25) is 18.6 Å². The zero-order valence-electron chi connectivity index (χ0n) is 15.1. The molecule has 2 aliphatic rings. The van der Waals surface area contributed by atoms with Gasteiger partial charge in [-0.2, -0.15) is 0 Å². The minimum atomic E-state index is -4.20. The van der Waals surface area contributed by atoms with Gasteiger partial charge in [-0.05, 0) is 48.4 Å². The van der Waals surface area contributed by atoms with Crippen LogP contribution in [0.3, 0.4) is 0 Å². The van der Waals surface area contributed by atoms with Crippen molar-refractivity contribution < 1.29 is 27.5 Å². The lowest BCUT2D eigenvalue weighted by Crippen LogP contribution is -2.42. The first kappa shape index (κ1) is 19.5. The molecule has 1 N–H and O–H groups in total. The molecule has 0 spiro atoms. The van der Waals surface area contributed by atoms with Gasteiger partial charge >= 0.3 is 0 Å². The molecule has 2 amide bonds. The summed E-state index contributed by atoms with van der Waals surface area (Å²) in [5.41, 5.74) is 0.771. The SMILES string of the molecule is O=C1CN(S(=O)(=O)c2ccc(Cl)cc2)C(=O)C(Cc2ccc3c(c2)OCO3)CN1. The van der Waals surface area contributed by atoms with Crippen molar-refractivity contribution in [3.8, 4) is 11.5 Å². The molecule has 10 heteroatoms. The highest BCUT2D eigenvalue weighted by molar-refractivity contribution is 7.89. The Morgan fingerprint density at radius 2 is 1.79 bits per heavy atom. The highest BCUT2D eigenvalue weighted by Gasteiger charge is 2.38. The summed E-state index contributed by atoms with van der Waals surface area (Å²) in [6.07, 6.45) is 0.238. The summed E-state index contributed by atoms with van der Waals surface area (Å²) in [6, 6.07) is 10.7. The van der Waals surface area contributed by atoms with Crippen LogP contribution in [0, 0.1) is 5.92 Å². The number of fused-ring (bicyclic) bond motifs is 1. The zero-order chi connectivity index (χ0) is 20.6. The number of nitrogens with one attached hydrogen (secondary N) is 1. The van der Waals surface area contributed by atoms with E-state index in [1.165, 1.54) is 24.3 Å². The van der Waals surface area contributed by atoms with Crippen LogP contribution in [0.15, 0.2) is 47.4 Å². The number of hydrogen-bond donors (Lipinski definition) is 1. The van der Waals surface area contributed by atoms with Gasteiger partial charge in [0.1, 0.15) is 6.54 Å². The van der Waals surface area contributed by atoms with E-state index in [0.717, 1.165) is 5.56 Å². The molecule has 1 saturated heterocycles. The first-order chi connectivity index (χ1) is 13.8. The molecule has 0 radical (unpaired) electrons. The summed E-state index contributed by atoms with van der Waals surface area (Å²) in [5.74, 6) is -0.747. The second kappa shape index (κ2) is 7.57. The molecule has 29 heavy (non-hydrogen) atoms. The number of rotatable bonds is 4. The Bertz CT molecular complexity index is 1070. The largest absolute Gasteiger partial charge is 0.454 e. The van der Waals surface area contributed by atoms with E-state index in [1.54, 1.807) is 18.2 Å². The summed E-state index contributed by atoms with van der Waals surface area (Å²) >= 11 is 5.82. The molecule has 0 aliphatic carbocycles. The summed E-state index contributed by atoms with van der Waals surface area (Å²) in [5, 5.41) is 2.98. The Kier molecular flexibility index (Phi) is 5.10. The van der Waals surface area contributed by atoms with Crippen LogP contribution in [-0.4, -0.2) is 44.4 Å². The lowest BCUT2D eigenvalue weighted by Gasteiger charge is -2.23. The third-order valence-electron chi connectivity index (χ3n) is 4.75. The van der Waals surface area contributed by atoms with E-state index in [2.05, 4.69) is 5.32 Å². The maximum atomic E-state index is 13.1. The standard InChI is InChI=1S/C19H17ClN2O6S/c20-14-2-4-15(5-3-14)29(25,26)22-10-18(23)21-9-13(19(22)24)7-12-1-6-16-17(8-12)28-11-27-16/h1-6,8,13H,7,9-11H2,(H,21,23). The topological polar surface area (TPSA) is 102 Å². The van der Waals surface area contributed by atoms with Crippen LogP contribution in [0.1, 0.15) is 5.56 Å². The molecule has 0 saturated carbocycles. The molecule has 2 heterocycles. The average Bonchev–Trinajstić information content (AvgIpc) is 3.11. The van der Waals surface area contributed by atoms with E-state index in [1.807, 2.05) is 0 Å². The van der Waals surface area contributed by atoms with Crippen molar-refractivity contribution in [2.45, 2.75) is 11.3 Å². The van der Waals surface area contributed by atoms with E-state index >= 15 is 0 Å². The fraction of sp³-hybridized carbons (Fsp3) is 0.263. The van der Waals surface area contributed by atoms with Crippen molar-refractivity contribution in [3.63, 3.8) is 0 Å². The number of amides is 2. The summed E-state index contributed by atoms with van der Waals surface area (Å²) in [7, 11) is -4.20. The van der Waals surface area contributed by atoms with Gasteiger partial charge in [0.05, 0.1) is 10.8 Å². The summed E-state index contributed by atoms with van der Waals surface area (Å²) in [4.78, 5) is 25.1. The van der Waals surface area contributed by atoms with E-state index < -0.39 is 34.3 Å². The highest BCUT2D eigenvalue weighted by atomic mass is 35.5. The molecule has 0 aromatic heterocycles. The van der Waals surface area contributed by atoms with Gasteiger partial charge in [0.15, 0.2) is 11.5 Å². The molecule has 2 aromatic carbocycles. The number of nitrogens with zero attached hydrogens (tertiary/aromatic N) is 1. The average molecular weight is 437 g/mol. The molecule has 1 atom stereocenters. The van der Waals surface area contributed by atoms with Gasteiger partial charge in [-0.3, -0.25) is 9.59 Å². The molecular weight excluding hydrogens is 420 g/mol. The van der Waals surface area contributed by atoms with Crippen molar-refractivity contribution in [1.82, 2.24) is 9.62 Å². The molecule has 2 aromatic rings. The molecule has 152 valence electrons. The zero-order valence-corrected chi connectivity index (χ0v) is 16.7. The second-order valence-electron chi connectivity index (χ2n) is 6.70. The number of carbonyl (C=O) groups excluding carboxylic acids is 2. The Hall–Kier alpha value is -2.78.